The van der Waals surface area contributed by atoms with Gasteiger partial charge < -0.3 is 9.47 Å². The Kier molecular flexibility index (Phi) is 5.69. The fourth-order valence-corrected chi connectivity index (χ4v) is 4.47. The molecule has 0 bridgehead atoms. The van der Waals surface area contributed by atoms with Crippen LogP contribution in [0.2, 0.25) is 4.34 Å². The summed E-state index contributed by atoms with van der Waals surface area (Å²) in [7, 11) is -0.382. The summed E-state index contributed by atoms with van der Waals surface area (Å²) in [5, 5.41) is 0. The number of ether oxygens (including phenoxy) is 2. The van der Waals surface area contributed by atoms with Crippen molar-refractivity contribution in [1.82, 2.24) is 4.72 Å². The molecule has 0 aliphatic heterocycles. The highest BCUT2D eigenvalue weighted by molar-refractivity contribution is 7.91. The Morgan fingerprint density at radius 3 is 2.55 bits per heavy atom. The zero-order valence-corrected chi connectivity index (χ0v) is 14.5. The third kappa shape index (κ3) is 4.13. The maximum atomic E-state index is 12.1. The quantitative estimate of drug-likeness (QED) is 0.823. The van der Waals surface area contributed by atoms with Gasteiger partial charge in [0.2, 0.25) is 10.0 Å². The second kappa shape index (κ2) is 7.32. The van der Waals surface area contributed by atoms with Gasteiger partial charge in [-0.15, -0.1) is 11.3 Å². The first kappa shape index (κ1) is 17.1. The van der Waals surface area contributed by atoms with E-state index in [1.54, 1.807) is 32.4 Å². The molecule has 0 unspecified atom stereocenters. The van der Waals surface area contributed by atoms with Crippen LogP contribution in [0, 0.1) is 0 Å². The van der Waals surface area contributed by atoms with Crippen LogP contribution in [-0.4, -0.2) is 29.2 Å². The predicted molar refractivity (Wildman–Crippen MR) is 87.8 cm³/mol. The summed E-state index contributed by atoms with van der Waals surface area (Å²) < 4.78 is 37.8. The minimum absolute atomic E-state index is 0.204. The number of methoxy groups -OCH3 is 2. The highest BCUT2D eigenvalue weighted by Crippen LogP contribution is 2.26. The predicted octanol–water partition coefficient (Wildman–Crippen LogP) is 2.94. The molecule has 120 valence electrons. The van der Waals surface area contributed by atoms with Crippen molar-refractivity contribution < 1.29 is 17.9 Å². The molecule has 22 heavy (non-hydrogen) atoms. The van der Waals surface area contributed by atoms with Crippen LogP contribution in [0.1, 0.15) is 5.56 Å². The lowest BCUT2D eigenvalue weighted by molar-refractivity contribution is 0.398. The molecule has 0 aliphatic rings. The van der Waals surface area contributed by atoms with Gasteiger partial charge >= 0.3 is 0 Å². The number of hydrogen-bond donors (Lipinski definition) is 1. The Hall–Kier alpha value is -1.28. The molecule has 5 nitrogen and oxygen atoms in total. The van der Waals surface area contributed by atoms with Gasteiger partial charge in [-0.1, -0.05) is 11.6 Å². The van der Waals surface area contributed by atoms with Crippen molar-refractivity contribution in [2.75, 3.05) is 20.8 Å². The van der Waals surface area contributed by atoms with Crippen molar-refractivity contribution in [3.05, 3.63) is 40.2 Å². The molecule has 1 heterocycles. The summed E-state index contributed by atoms with van der Waals surface area (Å²) in [6, 6.07) is 8.46. The first-order valence-corrected chi connectivity index (χ1v) is 9.10. The Bertz CT molecular complexity index is 743. The second-order valence-corrected chi connectivity index (χ2v) is 8.09. The molecule has 0 radical (unpaired) electrons. The minimum Gasteiger partial charge on any atom is -0.497 e. The lowest BCUT2D eigenvalue weighted by Crippen LogP contribution is -2.25. The molecule has 2 rings (SSSR count). The van der Waals surface area contributed by atoms with Crippen LogP contribution in [0.4, 0.5) is 0 Å². The van der Waals surface area contributed by atoms with Crippen LogP contribution in [0.5, 0.6) is 11.5 Å². The van der Waals surface area contributed by atoms with Gasteiger partial charge in [0.15, 0.2) is 0 Å². The largest absolute Gasteiger partial charge is 0.497 e. The molecule has 0 spiro atoms. The lowest BCUT2D eigenvalue weighted by atomic mass is 10.1. The minimum atomic E-state index is -3.53. The van der Waals surface area contributed by atoms with Gasteiger partial charge in [0.05, 0.1) is 18.6 Å². The highest BCUT2D eigenvalue weighted by atomic mass is 35.5. The summed E-state index contributed by atoms with van der Waals surface area (Å²) in [5.41, 5.74) is 0.869. The number of nitrogens with one attached hydrogen (secondary N) is 1. The van der Waals surface area contributed by atoms with E-state index in [1.807, 2.05) is 6.07 Å². The number of rotatable bonds is 7. The van der Waals surface area contributed by atoms with Crippen molar-refractivity contribution in [2.24, 2.45) is 0 Å². The van der Waals surface area contributed by atoms with E-state index in [-0.39, 0.29) is 10.8 Å². The Balaban J connectivity index is 2.04. The molecule has 0 fully saturated rings. The fourth-order valence-electron chi connectivity index (χ4n) is 1.91. The van der Waals surface area contributed by atoms with E-state index < -0.39 is 10.0 Å². The summed E-state index contributed by atoms with van der Waals surface area (Å²) >= 11 is 6.79. The van der Waals surface area contributed by atoms with E-state index in [0.29, 0.717) is 22.3 Å². The van der Waals surface area contributed by atoms with Gasteiger partial charge in [0.1, 0.15) is 15.7 Å². The Morgan fingerprint density at radius 2 is 1.95 bits per heavy atom. The smallest absolute Gasteiger partial charge is 0.250 e. The molecule has 1 N–H and O–H groups in total. The lowest BCUT2D eigenvalue weighted by Gasteiger charge is -2.11. The van der Waals surface area contributed by atoms with Crippen LogP contribution in [0.15, 0.2) is 34.5 Å². The third-order valence-electron chi connectivity index (χ3n) is 2.99. The van der Waals surface area contributed by atoms with Crippen molar-refractivity contribution in [3.63, 3.8) is 0 Å². The summed E-state index contributed by atoms with van der Waals surface area (Å²) in [6.07, 6.45) is 0.485. The van der Waals surface area contributed by atoms with Crippen LogP contribution < -0.4 is 14.2 Å². The zero-order valence-electron chi connectivity index (χ0n) is 12.1. The van der Waals surface area contributed by atoms with Gasteiger partial charge in [-0.3, -0.25) is 0 Å². The number of hydrogen-bond acceptors (Lipinski definition) is 5. The molecule has 1 aromatic carbocycles. The maximum absolute atomic E-state index is 12.1. The molecule has 8 heteroatoms. The van der Waals surface area contributed by atoms with Gasteiger partial charge in [0, 0.05) is 6.54 Å². The van der Waals surface area contributed by atoms with Crippen LogP contribution in [0.3, 0.4) is 0 Å². The fraction of sp³-hybridized carbons (Fsp3) is 0.286. The van der Waals surface area contributed by atoms with Crippen molar-refractivity contribution in [3.8, 4) is 11.5 Å². The third-order valence-corrected chi connectivity index (χ3v) is 6.17. The average Bonchev–Trinajstić information content (AvgIpc) is 2.94. The highest BCUT2D eigenvalue weighted by Gasteiger charge is 2.16. The number of halogens is 1. The van der Waals surface area contributed by atoms with E-state index in [1.165, 1.54) is 6.07 Å². The number of thiophene rings is 1. The monoisotopic (exact) mass is 361 g/mol. The topological polar surface area (TPSA) is 64.6 Å². The Morgan fingerprint density at radius 1 is 1.18 bits per heavy atom. The molecule has 0 saturated carbocycles. The van der Waals surface area contributed by atoms with Gasteiger partial charge in [-0.05, 0) is 42.3 Å². The van der Waals surface area contributed by atoms with Crippen molar-refractivity contribution in [2.45, 2.75) is 10.6 Å². The standard InChI is InChI=1S/C14H16ClNO4S2/c1-19-11-3-4-12(20-2)10(9-11)7-8-16-22(17,18)14-6-5-13(15)21-14/h3-6,9,16H,7-8H2,1-2H3. The number of sulfonamides is 1. The van der Waals surface area contributed by atoms with Gasteiger partial charge in [0.25, 0.3) is 0 Å². The SMILES string of the molecule is COc1ccc(OC)c(CCNS(=O)(=O)c2ccc(Cl)s2)c1. The zero-order chi connectivity index (χ0) is 16.2. The molecular weight excluding hydrogens is 346 g/mol. The van der Waals surface area contributed by atoms with E-state index in [4.69, 9.17) is 21.1 Å². The summed E-state index contributed by atoms with van der Waals surface area (Å²) in [4.78, 5) is 0. The van der Waals surface area contributed by atoms with E-state index in [2.05, 4.69) is 4.72 Å². The molecule has 1 aromatic heterocycles. The Labute approximate surface area is 138 Å². The summed E-state index contributed by atoms with van der Waals surface area (Å²) in [6.45, 7) is 0.251. The van der Waals surface area contributed by atoms with E-state index >= 15 is 0 Å². The van der Waals surface area contributed by atoms with E-state index in [9.17, 15) is 8.42 Å². The van der Waals surface area contributed by atoms with Gasteiger partial charge in [-0.2, -0.15) is 0 Å². The molecule has 2 aromatic rings. The van der Waals surface area contributed by atoms with Gasteiger partial charge in [-0.25, -0.2) is 13.1 Å². The van der Waals surface area contributed by atoms with Crippen LogP contribution in [-0.2, 0) is 16.4 Å². The second-order valence-electron chi connectivity index (χ2n) is 4.38. The van der Waals surface area contributed by atoms with Crippen LogP contribution >= 0.6 is 22.9 Å². The molecular formula is C14H16ClNO4S2. The normalized spacial score (nSPS) is 11.4. The molecule has 0 aliphatic carbocycles. The molecule has 0 amide bonds. The van der Waals surface area contributed by atoms with Crippen molar-refractivity contribution >= 4 is 33.0 Å². The summed E-state index contributed by atoms with van der Waals surface area (Å²) in [5.74, 6) is 1.39. The van der Waals surface area contributed by atoms with Crippen molar-refractivity contribution in [1.29, 1.82) is 0 Å². The number of benzene rings is 1. The maximum Gasteiger partial charge on any atom is 0.250 e. The first-order valence-electron chi connectivity index (χ1n) is 6.42. The molecule has 0 saturated heterocycles. The molecule has 0 atom stereocenters. The van der Waals surface area contributed by atoms with Crippen LogP contribution in [0.25, 0.3) is 0 Å². The average molecular weight is 362 g/mol. The van der Waals surface area contributed by atoms with E-state index in [0.717, 1.165) is 16.9 Å². The first-order chi connectivity index (χ1) is 10.5.